The van der Waals surface area contributed by atoms with Gasteiger partial charge in [-0.2, -0.15) is 0 Å². The van der Waals surface area contributed by atoms with Crippen LogP contribution in [0.25, 0.3) is 87.4 Å². The van der Waals surface area contributed by atoms with Crippen molar-refractivity contribution >= 4 is 54.0 Å². The standard InChI is InChI=1S/C43H27N/c1-2-10-28(11-3-1)31-19-20-33-26-34(23-21-32(33)24-31)41-36-14-6-7-15-37(36)42(35-22-18-29-12-4-5-13-30(29)25-35)43-38-16-8-9-17-40(38)44-27-39(41)43/h1-27H. The third kappa shape index (κ3) is 3.91. The maximum atomic E-state index is 4.99. The van der Waals surface area contributed by atoms with E-state index in [9.17, 15) is 0 Å². The Kier molecular flexibility index (Phi) is 5.57. The molecule has 0 spiro atoms. The minimum Gasteiger partial charge on any atom is -0.256 e. The van der Waals surface area contributed by atoms with Gasteiger partial charge in [-0.15, -0.1) is 0 Å². The van der Waals surface area contributed by atoms with Crippen LogP contribution in [0.4, 0.5) is 0 Å². The lowest BCUT2D eigenvalue weighted by atomic mass is 9.84. The SMILES string of the molecule is c1ccc(-c2ccc3cc(-c4c5ccccc5c(-c5ccc6ccccc6c5)c5c4cnc4ccccc45)ccc3c2)cc1. The van der Waals surface area contributed by atoms with Gasteiger partial charge in [0.1, 0.15) is 0 Å². The summed E-state index contributed by atoms with van der Waals surface area (Å²) >= 11 is 0. The normalized spacial score (nSPS) is 11.6. The predicted molar refractivity (Wildman–Crippen MR) is 188 cm³/mol. The van der Waals surface area contributed by atoms with E-state index in [1.54, 1.807) is 0 Å². The predicted octanol–water partition coefficient (Wildman–Crippen LogP) is 11.8. The molecule has 0 atom stereocenters. The van der Waals surface area contributed by atoms with Crippen molar-refractivity contribution in [2.24, 2.45) is 0 Å². The van der Waals surface area contributed by atoms with E-state index in [-0.39, 0.29) is 0 Å². The summed E-state index contributed by atoms with van der Waals surface area (Å²) in [5.74, 6) is 0. The molecule has 9 rings (SSSR count). The Bertz CT molecular complexity index is 2540. The summed E-state index contributed by atoms with van der Waals surface area (Å²) in [6.45, 7) is 0. The summed E-state index contributed by atoms with van der Waals surface area (Å²) in [6.07, 6.45) is 2.09. The quantitative estimate of drug-likeness (QED) is 0.155. The lowest BCUT2D eigenvalue weighted by molar-refractivity contribution is 1.45. The molecule has 44 heavy (non-hydrogen) atoms. The smallest absolute Gasteiger partial charge is 0.0708 e. The van der Waals surface area contributed by atoms with Gasteiger partial charge in [-0.1, -0.05) is 133 Å². The van der Waals surface area contributed by atoms with Crippen LogP contribution in [0.15, 0.2) is 164 Å². The van der Waals surface area contributed by atoms with E-state index in [0.717, 1.165) is 5.52 Å². The number of hydrogen-bond donors (Lipinski definition) is 0. The van der Waals surface area contributed by atoms with Crippen molar-refractivity contribution in [2.45, 2.75) is 0 Å². The van der Waals surface area contributed by atoms with Crippen LogP contribution in [0.2, 0.25) is 0 Å². The van der Waals surface area contributed by atoms with Gasteiger partial charge in [0.15, 0.2) is 0 Å². The lowest BCUT2D eigenvalue weighted by Gasteiger charge is -2.19. The molecule has 0 saturated carbocycles. The van der Waals surface area contributed by atoms with Crippen molar-refractivity contribution in [1.29, 1.82) is 0 Å². The first kappa shape index (κ1) is 24.8. The topological polar surface area (TPSA) is 12.9 Å². The minimum absolute atomic E-state index is 1.01. The second kappa shape index (κ2) is 9.90. The largest absolute Gasteiger partial charge is 0.256 e. The molecule has 0 unspecified atom stereocenters. The number of aromatic nitrogens is 1. The first-order chi connectivity index (χ1) is 21.8. The molecule has 9 aromatic rings. The number of hydrogen-bond acceptors (Lipinski definition) is 1. The van der Waals surface area contributed by atoms with Gasteiger partial charge in [-0.25, -0.2) is 0 Å². The molecule has 0 aliphatic heterocycles. The second-order valence-corrected chi connectivity index (χ2v) is 11.6. The summed E-state index contributed by atoms with van der Waals surface area (Å²) in [7, 11) is 0. The average Bonchev–Trinajstić information content (AvgIpc) is 3.10. The zero-order chi connectivity index (χ0) is 29.0. The van der Waals surface area contributed by atoms with Gasteiger partial charge >= 0.3 is 0 Å². The van der Waals surface area contributed by atoms with Gasteiger partial charge in [-0.05, 0) is 90.0 Å². The molecule has 0 aliphatic rings. The molecular weight excluding hydrogens is 530 g/mol. The Balaban J connectivity index is 1.36. The Morgan fingerprint density at radius 1 is 0.318 bits per heavy atom. The van der Waals surface area contributed by atoms with Crippen LogP contribution in [-0.4, -0.2) is 4.98 Å². The Morgan fingerprint density at radius 3 is 1.61 bits per heavy atom. The van der Waals surface area contributed by atoms with Crippen molar-refractivity contribution in [3.63, 3.8) is 0 Å². The van der Waals surface area contributed by atoms with Gasteiger partial charge in [0.05, 0.1) is 5.52 Å². The van der Waals surface area contributed by atoms with Crippen LogP contribution in [-0.2, 0) is 0 Å². The summed E-state index contributed by atoms with van der Waals surface area (Å²) < 4.78 is 0. The third-order valence-corrected chi connectivity index (χ3v) is 9.03. The summed E-state index contributed by atoms with van der Waals surface area (Å²) in [5.41, 5.74) is 8.39. The molecule has 0 radical (unpaired) electrons. The molecule has 0 fully saturated rings. The van der Waals surface area contributed by atoms with Gasteiger partial charge in [0.2, 0.25) is 0 Å². The number of benzene rings is 8. The molecule has 1 nitrogen and oxygen atoms in total. The monoisotopic (exact) mass is 557 g/mol. The highest BCUT2D eigenvalue weighted by Crippen LogP contribution is 2.46. The maximum absolute atomic E-state index is 4.99. The van der Waals surface area contributed by atoms with Crippen LogP contribution in [0, 0.1) is 0 Å². The van der Waals surface area contributed by atoms with Crippen molar-refractivity contribution in [3.8, 4) is 33.4 Å². The molecule has 1 heterocycles. The number of nitrogens with zero attached hydrogens (tertiary/aromatic N) is 1. The highest BCUT2D eigenvalue weighted by Gasteiger charge is 2.19. The number of rotatable bonds is 3. The van der Waals surface area contributed by atoms with Gasteiger partial charge in [0.25, 0.3) is 0 Å². The Morgan fingerprint density at radius 2 is 0.841 bits per heavy atom. The minimum atomic E-state index is 1.01. The van der Waals surface area contributed by atoms with Crippen LogP contribution in [0.5, 0.6) is 0 Å². The third-order valence-electron chi connectivity index (χ3n) is 9.03. The average molecular weight is 558 g/mol. The van der Waals surface area contributed by atoms with Crippen LogP contribution >= 0.6 is 0 Å². The molecule has 1 heteroatoms. The van der Waals surface area contributed by atoms with E-state index in [1.165, 1.54) is 81.9 Å². The molecule has 0 aliphatic carbocycles. The van der Waals surface area contributed by atoms with E-state index >= 15 is 0 Å². The van der Waals surface area contributed by atoms with E-state index in [1.807, 2.05) is 0 Å². The first-order valence-electron chi connectivity index (χ1n) is 15.1. The Labute approximate surface area is 255 Å². The van der Waals surface area contributed by atoms with E-state index in [4.69, 9.17) is 4.98 Å². The summed E-state index contributed by atoms with van der Waals surface area (Å²) in [4.78, 5) is 4.99. The number of para-hydroxylation sites is 1. The summed E-state index contributed by atoms with van der Waals surface area (Å²) in [5, 5.41) is 11.0. The highest BCUT2D eigenvalue weighted by atomic mass is 14.6. The van der Waals surface area contributed by atoms with Crippen LogP contribution in [0.1, 0.15) is 0 Å². The number of fused-ring (bicyclic) bond motifs is 6. The van der Waals surface area contributed by atoms with Crippen molar-refractivity contribution in [2.75, 3.05) is 0 Å². The zero-order valence-electron chi connectivity index (χ0n) is 24.0. The first-order valence-corrected chi connectivity index (χ1v) is 15.1. The molecule has 0 amide bonds. The maximum Gasteiger partial charge on any atom is 0.0708 e. The fourth-order valence-corrected chi connectivity index (χ4v) is 6.97. The highest BCUT2D eigenvalue weighted by molar-refractivity contribution is 6.27. The van der Waals surface area contributed by atoms with E-state index in [2.05, 4.69) is 164 Å². The van der Waals surface area contributed by atoms with Crippen molar-refractivity contribution in [3.05, 3.63) is 164 Å². The summed E-state index contributed by atoms with van der Waals surface area (Å²) in [6, 6.07) is 57.1. The molecule has 1 aromatic heterocycles. The van der Waals surface area contributed by atoms with Gasteiger partial charge in [-0.3, -0.25) is 4.98 Å². The molecular formula is C43H27N. The lowest BCUT2D eigenvalue weighted by Crippen LogP contribution is -1.93. The molecule has 0 bridgehead atoms. The number of pyridine rings is 1. The van der Waals surface area contributed by atoms with Gasteiger partial charge in [0, 0.05) is 22.4 Å². The molecule has 0 N–H and O–H groups in total. The van der Waals surface area contributed by atoms with Crippen LogP contribution in [0.3, 0.4) is 0 Å². The molecule has 204 valence electrons. The van der Waals surface area contributed by atoms with Crippen molar-refractivity contribution in [1.82, 2.24) is 4.98 Å². The zero-order valence-corrected chi connectivity index (χ0v) is 24.0. The second-order valence-electron chi connectivity index (χ2n) is 11.6. The van der Waals surface area contributed by atoms with Gasteiger partial charge < -0.3 is 0 Å². The Hall–Kier alpha value is -5.79. The fourth-order valence-electron chi connectivity index (χ4n) is 6.97. The van der Waals surface area contributed by atoms with Crippen molar-refractivity contribution < 1.29 is 0 Å². The molecule has 8 aromatic carbocycles. The van der Waals surface area contributed by atoms with Crippen LogP contribution < -0.4 is 0 Å². The molecule has 0 saturated heterocycles. The van der Waals surface area contributed by atoms with E-state index in [0.29, 0.717) is 0 Å². The fraction of sp³-hybridized carbons (Fsp3) is 0. The van der Waals surface area contributed by atoms with E-state index < -0.39 is 0 Å².